The van der Waals surface area contributed by atoms with Gasteiger partial charge in [0.1, 0.15) is 0 Å². The fraction of sp³-hybridized carbons (Fsp3) is 0.0870. The number of amides is 4. The highest BCUT2D eigenvalue weighted by Crippen LogP contribution is 2.32. The number of anilines is 3. The topological polar surface area (TPSA) is 203 Å². The van der Waals surface area contributed by atoms with Gasteiger partial charge in [0.2, 0.25) is 0 Å². The summed E-state index contributed by atoms with van der Waals surface area (Å²) in [6.45, 7) is 7.47. The molecule has 0 radical (unpaired) electrons. The summed E-state index contributed by atoms with van der Waals surface area (Å²) in [7, 11) is 1.38. The van der Waals surface area contributed by atoms with Gasteiger partial charge in [-0.2, -0.15) is 0 Å². The van der Waals surface area contributed by atoms with E-state index >= 15 is 0 Å². The predicted octanol–water partition coefficient (Wildman–Crippen LogP) is 7.09. The number of aryl methyl sites for hydroxylation is 1. The van der Waals surface area contributed by atoms with E-state index in [0.717, 1.165) is 29.5 Å². The third-order valence-electron chi connectivity index (χ3n) is 8.64. The lowest BCUT2D eigenvalue weighted by Gasteiger charge is -2.13. The van der Waals surface area contributed by atoms with E-state index in [0.29, 0.717) is 26.7 Å². The summed E-state index contributed by atoms with van der Waals surface area (Å²) in [5.74, 6) is -4.97. The van der Waals surface area contributed by atoms with Crippen LogP contribution in [0, 0.1) is 6.92 Å². The molecule has 0 saturated carbocycles. The van der Waals surface area contributed by atoms with Crippen molar-refractivity contribution < 1.29 is 47.8 Å². The highest BCUT2D eigenvalue weighted by molar-refractivity contribution is 7.99. The van der Waals surface area contributed by atoms with Gasteiger partial charge in [-0.3, -0.25) is 28.8 Å². The number of esters is 2. The van der Waals surface area contributed by atoms with E-state index in [4.69, 9.17) is 9.47 Å². The summed E-state index contributed by atoms with van der Waals surface area (Å²) in [5, 5.41) is 10.8. The Morgan fingerprint density at radius 2 is 0.885 bits per heavy atom. The Morgan fingerprint density at radius 1 is 0.508 bits per heavy atom. The lowest BCUT2D eigenvalue weighted by atomic mass is 10.1. The first-order valence-corrected chi connectivity index (χ1v) is 19.1. The Balaban J connectivity index is 1.30. The summed E-state index contributed by atoms with van der Waals surface area (Å²) in [4.78, 5) is 102. The smallest absolute Gasteiger partial charge is 0.339 e. The Kier molecular flexibility index (Phi) is 15.0. The number of rotatable bonds is 17. The van der Waals surface area contributed by atoms with Gasteiger partial charge in [-0.25, -0.2) is 9.59 Å². The van der Waals surface area contributed by atoms with E-state index in [2.05, 4.69) is 34.4 Å². The quantitative estimate of drug-likeness (QED) is 0.0550. The molecule has 5 rings (SSSR count). The predicted molar refractivity (Wildman–Crippen MR) is 229 cm³/mol. The van der Waals surface area contributed by atoms with Crippen molar-refractivity contribution in [3.63, 3.8) is 0 Å². The van der Waals surface area contributed by atoms with Crippen LogP contribution in [0.3, 0.4) is 0 Å². The molecule has 308 valence electrons. The molecule has 14 nitrogen and oxygen atoms in total. The lowest BCUT2D eigenvalue weighted by Crippen LogP contribution is -2.22. The first kappa shape index (κ1) is 44.2. The molecule has 61 heavy (non-hydrogen) atoms. The fourth-order valence-corrected chi connectivity index (χ4v) is 6.27. The molecule has 0 atom stereocenters. The van der Waals surface area contributed by atoms with Crippen molar-refractivity contribution in [1.29, 1.82) is 0 Å². The van der Waals surface area contributed by atoms with Gasteiger partial charge in [0, 0.05) is 45.0 Å². The second-order valence-corrected chi connectivity index (χ2v) is 14.1. The van der Waals surface area contributed by atoms with E-state index in [1.165, 1.54) is 67.7 Å². The van der Waals surface area contributed by atoms with Crippen molar-refractivity contribution >= 4 is 76.0 Å². The highest BCUT2D eigenvalue weighted by atomic mass is 32.2. The van der Waals surface area contributed by atoms with Crippen molar-refractivity contribution in [2.75, 3.05) is 36.2 Å². The SMILES string of the molecule is C=CC(=O)COC(=O)c1ccc(Sc2ccc(C(=O)OCC(=O)C=C)c(C(=O)Nc3ccc(C(=O)Nc4ccc(NC(=O)c5ccc(C)cc5)cc4)cc3)c2)cc1C(=O)NC. The van der Waals surface area contributed by atoms with Gasteiger partial charge in [0.25, 0.3) is 23.6 Å². The molecule has 4 N–H and O–H groups in total. The zero-order valence-corrected chi connectivity index (χ0v) is 33.7. The van der Waals surface area contributed by atoms with Crippen LogP contribution in [0.5, 0.6) is 0 Å². The molecule has 5 aromatic carbocycles. The summed E-state index contributed by atoms with van der Waals surface area (Å²) < 4.78 is 10.1. The van der Waals surface area contributed by atoms with Gasteiger partial charge < -0.3 is 30.7 Å². The van der Waals surface area contributed by atoms with E-state index in [-0.39, 0.29) is 39.4 Å². The molecule has 0 bridgehead atoms. The summed E-state index contributed by atoms with van der Waals surface area (Å²) in [6, 6.07) is 28.3. The standard InChI is InChI=1S/C46H38N4O10S/c1-5-33(51)25-59-45(57)37-21-19-35(23-39(37)43(55)47-4)61-36-20-22-38(46(58)60-26-34(52)6-2)40(24-36)44(56)50-30-13-11-29(12-14-30)42(54)49-32-17-15-31(16-18-32)48-41(53)28-9-7-27(3)8-10-28/h5-24H,1-2,25-26H2,3-4H3,(H,47,55)(H,48,53)(H,49,54)(H,50,56). The number of hydrogen-bond donors (Lipinski definition) is 4. The Hall–Kier alpha value is -7.91. The summed E-state index contributed by atoms with van der Waals surface area (Å²) >= 11 is 1.10. The Bertz CT molecular complexity index is 2550. The van der Waals surface area contributed by atoms with Crippen LogP contribution in [0.2, 0.25) is 0 Å². The zero-order valence-electron chi connectivity index (χ0n) is 32.9. The molecule has 0 unspecified atom stereocenters. The van der Waals surface area contributed by atoms with Crippen LogP contribution in [-0.4, -0.2) is 67.4 Å². The number of carbonyl (C=O) groups excluding carboxylic acids is 8. The van der Waals surface area contributed by atoms with Gasteiger partial charge in [-0.05, 0) is 116 Å². The fourth-order valence-electron chi connectivity index (χ4n) is 5.37. The maximum atomic E-state index is 13.8. The number of ketones is 2. The van der Waals surface area contributed by atoms with Crippen molar-refractivity contribution in [1.82, 2.24) is 5.32 Å². The molecule has 0 aliphatic carbocycles. The number of ether oxygens (including phenoxy) is 2. The third-order valence-corrected chi connectivity index (χ3v) is 9.62. The molecular weight excluding hydrogens is 801 g/mol. The number of benzene rings is 5. The third kappa shape index (κ3) is 12.1. The van der Waals surface area contributed by atoms with Crippen molar-refractivity contribution in [2.24, 2.45) is 0 Å². The van der Waals surface area contributed by atoms with Crippen LogP contribution in [0.1, 0.15) is 67.7 Å². The first-order chi connectivity index (χ1) is 29.3. The molecule has 0 aliphatic rings. The highest BCUT2D eigenvalue weighted by Gasteiger charge is 2.23. The Labute approximate surface area is 354 Å². The van der Waals surface area contributed by atoms with E-state index in [1.807, 2.05) is 19.1 Å². The molecule has 5 aromatic rings. The number of hydrogen-bond acceptors (Lipinski definition) is 11. The molecule has 0 aromatic heterocycles. The molecule has 0 spiro atoms. The van der Waals surface area contributed by atoms with E-state index < -0.39 is 54.4 Å². The van der Waals surface area contributed by atoms with Crippen molar-refractivity contribution in [2.45, 2.75) is 16.7 Å². The van der Waals surface area contributed by atoms with Crippen LogP contribution < -0.4 is 21.3 Å². The first-order valence-electron chi connectivity index (χ1n) is 18.3. The molecule has 0 heterocycles. The minimum atomic E-state index is -0.953. The summed E-state index contributed by atoms with van der Waals surface area (Å²) in [5.41, 5.74) is 2.69. The molecule has 0 aliphatic heterocycles. The minimum Gasteiger partial charge on any atom is -0.454 e. The average molecular weight is 839 g/mol. The van der Waals surface area contributed by atoms with Gasteiger partial charge in [-0.1, -0.05) is 42.6 Å². The summed E-state index contributed by atoms with van der Waals surface area (Å²) in [6.07, 6.45) is 2.00. The molecule has 0 saturated heterocycles. The van der Waals surface area contributed by atoms with E-state index in [1.54, 1.807) is 36.4 Å². The van der Waals surface area contributed by atoms with Gasteiger partial charge >= 0.3 is 11.9 Å². The van der Waals surface area contributed by atoms with Gasteiger partial charge in [0.15, 0.2) is 24.8 Å². The molecular formula is C46H38N4O10S. The molecule has 4 amide bonds. The number of nitrogens with one attached hydrogen (secondary N) is 4. The average Bonchev–Trinajstić information content (AvgIpc) is 3.27. The lowest BCUT2D eigenvalue weighted by molar-refractivity contribution is -0.118. The second kappa shape index (κ2) is 20.7. The number of carbonyl (C=O) groups is 8. The van der Waals surface area contributed by atoms with Crippen LogP contribution >= 0.6 is 11.8 Å². The van der Waals surface area contributed by atoms with Crippen molar-refractivity contribution in [3.8, 4) is 0 Å². The van der Waals surface area contributed by atoms with Gasteiger partial charge in [0.05, 0.1) is 22.3 Å². The van der Waals surface area contributed by atoms with Crippen LogP contribution in [0.4, 0.5) is 17.1 Å². The maximum Gasteiger partial charge on any atom is 0.339 e. The van der Waals surface area contributed by atoms with Crippen LogP contribution in [0.25, 0.3) is 0 Å². The van der Waals surface area contributed by atoms with Crippen molar-refractivity contribution in [3.05, 3.63) is 173 Å². The maximum absolute atomic E-state index is 13.8. The largest absolute Gasteiger partial charge is 0.454 e. The normalized spacial score (nSPS) is 10.3. The minimum absolute atomic E-state index is 0.0387. The zero-order chi connectivity index (χ0) is 44.1. The van der Waals surface area contributed by atoms with Crippen LogP contribution in [0.15, 0.2) is 144 Å². The Morgan fingerprint density at radius 3 is 1.30 bits per heavy atom. The second-order valence-electron chi connectivity index (χ2n) is 13.0. The monoisotopic (exact) mass is 838 g/mol. The van der Waals surface area contributed by atoms with Crippen LogP contribution in [-0.2, 0) is 19.1 Å². The van der Waals surface area contributed by atoms with Gasteiger partial charge in [-0.15, -0.1) is 0 Å². The molecule has 15 heteroatoms. The molecule has 0 fully saturated rings. The van der Waals surface area contributed by atoms with E-state index in [9.17, 15) is 38.4 Å².